The van der Waals surface area contributed by atoms with Gasteiger partial charge in [0.05, 0.1) is 17.3 Å². The third-order valence-corrected chi connectivity index (χ3v) is 5.94. The molecule has 8 heteroatoms. The van der Waals surface area contributed by atoms with Gasteiger partial charge in [0, 0.05) is 10.0 Å². The van der Waals surface area contributed by atoms with Crippen LogP contribution in [0.5, 0.6) is 0 Å². The van der Waals surface area contributed by atoms with Crippen LogP contribution in [0.25, 0.3) is 0 Å². The lowest BCUT2D eigenvalue weighted by Gasteiger charge is -2.25. The fourth-order valence-corrected chi connectivity index (χ4v) is 4.61. The summed E-state index contributed by atoms with van der Waals surface area (Å²) >= 11 is 17.8. The van der Waals surface area contributed by atoms with Gasteiger partial charge in [0.2, 0.25) is 0 Å². The van der Waals surface area contributed by atoms with Gasteiger partial charge in [0.15, 0.2) is 0 Å². The highest BCUT2D eigenvalue weighted by Crippen LogP contribution is 2.32. The first-order valence-electron chi connectivity index (χ1n) is 6.57. The molecule has 0 aromatic heterocycles. The zero-order valence-corrected chi connectivity index (χ0v) is 15.1. The molecule has 0 atom stereocenters. The van der Waals surface area contributed by atoms with Crippen LogP contribution in [0, 0.1) is 6.92 Å². The summed E-state index contributed by atoms with van der Waals surface area (Å²) in [6.45, 7) is 0.509. The second-order valence-electron chi connectivity index (χ2n) is 4.77. The highest BCUT2D eigenvalue weighted by Gasteiger charge is 2.28. The summed E-state index contributed by atoms with van der Waals surface area (Å²) in [6.07, 6.45) is 0. The van der Waals surface area contributed by atoms with Gasteiger partial charge in [-0.3, -0.25) is 4.31 Å². The Morgan fingerprint density at radius 2 is 1.65 bits per heavy atom. The number of aryl methyl sites for hydroxylation is 1. The maximum absolute atomic E-state index is 13.0. The smallest absolute Gasteiger partial charge is 0.263 e. The molecule has 0 aliphatic heterocycles. The number of anilines is 1. The third-order valence-electron chi connectivity index (χ3n) is 3.18. The molecule has 0 spiro atoms. The van der Waals surface area contributed by atoms with E-state index in [-0.39, 0.29) is 21.5 Å². The van der Waals surface area contributed by atoms with Crippen LogP contribution in [0.15, 0.2) is 41.3 Å². The molecule has 0 N–H and O–H groups in total. The molecular weight excluding hydrogens is 384 g/mol. The van der Waals surface area contributed by atoms with Crippen molar-refractivity contribution >= 4 is 50.5 Å². The number of halogens is 4. The van der Waals surface area contributed by atoms with Crippen molar-refractivity contribution in [2.75, 3.05) is 17.5 Å². The van der Waals surface area contributed by atoms with Crippen LogP contribution in [-0.2, 0) is 10.0 Å². The van der Waals surface area contributed by atoms with Crippen LogP contribution in [-0.4, -0.2) is 21.6 Å². The standard InChI is InChI=1S/C15H13Cl3FNO2S/c1-10-8-11(16)3-5-14(10)20(7-6-19)23(21,22)15-9-12(17)2-4-13(15)18/h2-5,8-9H,6-7H2,1H3. The molecule has 0 saturated heterocycles. The molecule has 2 rings (SSSR count). The molecule has 0 aliphatic rings. The molecule has 0 radical (unpaired) electrons. The van der Waals surface area contributed by atoms with E-state index in [9.17, 15) is 12.8 Å². The maximum Gasteiger partial charge on any atom is 0.265 e. The fourth-order valence-electron chi connectivity index (χ4n) is 2.14. The molecule has 0 bridgehead atoms. The molecule has 2 aromatic carbocycles. The van der Waals surface area contributed by atoms with Crippen LogP contribution >= 0.6 is 34.8 Å². The van der Waals surface area contributed by atoms with E-state index < -0.39 is 16.7 Å². The molecule has 2 aromatic rings. The number of rotatable bonds is 5. The summed E-state index contributed by atoms with van der Waals surface area (Å²) in [5.74, 6) is 0. The summed E-state index contributed by atoms with van der Waals surface area (Å²) < 4.78 is 39.8. The minimum absolute atomic E-state index is 0.0184. The van der Waals surface area contributed by atoms with Crippen molar-refractivity contribution in [2.45, 2.75) is 11.8 Å². The molecule has 23 heavy (non-hydrogen) atoms. The largest absolute Gasteiger partial charge is 0.265 e. The van der Waals surface area contributed by atoms with E-state index in [0.29, 0.717) is 16.3 Å². The minimum Gasteiger partial charge on any atom is -0.263 e. The average molecular weight is 397 g/mol. The van der Waals surface area contributed by atoms with Gasteiger partial charge in [-0.1, -0.05) is 34.8 Å². The number of nitrogens with zero attached hydrogens (tertiary/aromatic N) is 1. The highest BCUT2D eigenvalue weighted by molar-refractivity contribution is 7.93. The van der Waals surface area contributed by atoms with Gasteiger partial charge in [-0.2, -0.15) is 0 Å². The first kappa shape index (κ1) is 18.3. The van der Waals surface area contributed by atoms with Crippen molar-refractivity contribution in [1.82, 2.24) is 0 Å². The lowest BCUT2D eigenvalue weighted by atomic mass is 10.2. The minimum atomic E-state index is -4.07. The zero-order chi connectivity index (χ0) is 17.2. The van der Waals surface area contributed by atoms with Gasteiger partial charge in [0.25, 0.3) is 10.0 Å². The van der Waals surface area contributed by atoms with Crippen LogP contribution in [0.2, 0.25) is 15.1 Å². The van der Waals surface area contributed by atoms with Crippen molar-refractivity contribution in [3.05, 3.63) is 57.0 Å². The van der Waals surface area contributed by atoms with Crippen molar-refractivity contribution < 1.29 is 12.8 Å². The number of sulfonamides is 1. The first-order chi connectivity index (χ1) is 10.8. The highest BCUT2D eigenvalue weighted by atomic mass is 35.5. The van der Waals surface area contributed by atoms with E-state index in [2.05, 4.69) is 0 Å². The molecule has 0 heterocycles. The van der Waals surface area contributed by atoms with Crippen molar-refractivity contribution in [2.24, 2.45) is 0 Å². The lowest BCUT2D eigenvalue weighted by Crippen LogP contribution is -2.33. The van der Waals surface area contributed by atoms with Gasteiger partial charge in [-0.25, -0.2) is 12.8 Å². The van der Waals surface area contributed by atoms with E-state index >= 15 is 0 Å². The Bertz CT molecular complexity index is 827. The Morgan fingerprint density at radius 1 is 1.04 bits per heavy atom. The van der Waals surface area contributed by atoms with Crippen LogP contribution in [0.1, 0.15) is 5.56 Å². The van der Waals surface area contributed by atoms with Crippen molar-refractivity contribution in [1.29, 1.82) is 0 Å². The Kier molecular flexibility index (Phi) is 5.79. The molecule has 124 valence electrons. The second-order valence-corrected chi connectivity index (χ2v) is 7.88. The van der Waals surface area contributed by atoms with Gasteiger partial charge in [-0.05, 0) is 48.9 Å². The fraction of sp³-hybridized carbons (Fsp3) is 0.200. The van der Waals surface area contributed by atoms with E-state index in [1.165, 1.54) is 24.3 Å². The summed E-state index contributed by atoms with van der Waals surface area (Å²) in [4.78, 5) is -0.172. The summed E-state index contributed by atoms with van der Waals surface area (Å²) in [6, 6.07) is 8.80. The van der Waals surface area contributed by atoms with Gasteiger partial charge in [-0.15, -0.1) is 0 Å². The molecule has 0 saturated carbocycles. The molecule has 0 amide bonds. The topological polar surface area (TPSA) is 37.4 Å². The summed E-state index contributed by atoms with van der Waals surface area (Å²) in [5, 5.41) is 0.704. The SMILES string of the molecule is Cc1cc(Cl)ccc1N(CCF)S(=O)(=O)c1cc(Cl)ccc1Cl. The first-order valence-corrected chi connectivity index (χ1v) is 9.14. The Hall–Kier alpha value is -1.01. The molecular formula is C15H13Cl3FNO2S. The monoisotopic (exact) mass is 395 g/mol. The van der Waals surface area contributed by atoms with E-state index in [1.807, 2.05) is 0 Å². The predicted octanol–water partition coefficient (Wildman–Crippen LogP) is 5.12. The Labute approximate surface area is 149 Å². The van der Waals surface area contributed by atoms with Crippen LogP contribution < -0.4 is 4.31 Å². The zero-order valence-electron chi connectivity index (χ0n) is 12.1. The molecule has 0 aliphatic carbocycles. The average Bonchev–Trinajstić information content (AvgIpc) is 2.48. The second kappa shape index (κ2) is 7.26. The Balaban J connectivity index is 2.62. The van der Waals surface area contributed by atoms with Gasteiger partial charge < -0.3 is 0 Å². The van der Waals surface area contributed by atoms with Gasteiger partial charge >= 0.3 is 0 Å². The molecule has 0 fully saturated rings. The summed E-state index contributed by atoms with van der Waals surface area (Å²) in [5.41, 5.74) is 0.941. The van der Waals surface area contributed by atoms with Crippen molar-refractivity contribution in [3.63, 3.8) is 0 Å². The van der Waals surface area contributed by atoms with Crippen LogP contribution in [0.4, 0.5) is 10.1 Å². The van der Waals surface area contributed by atoms with Crippen molar-refractivity contribution in [3.8, 4) is 0 Å². The van der Waals surface area contributed by atoms with E-state index in [1.54, 1.807) is 19.1 Å². The van der Waals surface area contributed by atoms with E-state index in [4.69, 9.17) is 34.8 Å². The van der Waals surface area contributed by atoms with Gasteiger partial charge in [0.1, 0.15) is 11.6 Å². The molecule has 3 nitrogen and oxygen atoms in total. The van der Waals surface area contributed by atoms with Crippen LogP contribution in [0.3, 0.4) is 0 Å². The summed E-state index contributed by atoms with van der Waals surface area (Å²) in [7, 11) is -4.07. The Morgan fingerprint density at radius 3 is 2.26 bits per heavy atom. The number of alkyl halides is 1. The predicted molar refractivity (Wildman–Crippen MR) is 93.2 cm³/mol. The lowest BCUT2D eigenvalue weighted by molar-refractivity contribution is 0.499. The van der Waals surface area contributed by atoms with E-state index in [0.717, 1.165) is 4.31 Å². The normalized spacial score (nSPS) is 11.5. The molecule has 0 unspecified atom stereocenters. The third kappa shape index (κ3) is 3.91. The maximum atomic E-state index is 13.0. The number of hydrogen-bond donors (Lipinski definition) is 0. The number of benzene rings is 2. The quantitative estimate of drug-likeness (QED) is 0.703. The number of hydrogen-bond acceptors (Lipinski definition) is 2.